The van der Waals surface area contributed by atoms with Crippen molar-refractivity contribution in [1.29, 1.82) is 0 Å². The van der Waals surface area contributed by atoms with E-state index in [2.05, 4.69) is 103 Å². The first-order chi connectivity index (χ1) is 21.7. The maximum atomic E-state index is 7.15. The molecule has 0 N–H and O–H groups in total. The third-order valence-corrected chi connectivity index (χ3v) is 13.3. The Bertz CT molecular complexity index is 1870. The van der Waals surface area contributed by atoms with Gasteiger partial charge in [0.15, 0.2) is 0 Å². The van der Waals surface area contributed by atoms with Gasteiger partial charge in [-0.3, -0.25) is 0 Å². The Hall–Kier alpha value is -4.00. The molecule has 4 aliphatic heterocycles. The maximum absolute atomic E-state index is 7.15. The molecular formula is C38H30N2O2S2. The van der Waals surface area contributed by atoms with E-state index in [0.29, 0.717) is 0 Å². The molecule has 0 bridgehead atoms. The Labute approximate surface area is 265 Å². The summed E-state index contributed by atoms with van der Waals surface area (Å²) in [7, 11) is 0. The van der Waals surface area contributed by atoms with Gasteiger partial charge in [-0.1, -0.05) is 78.9 Å². The molecule has 0 saturated carbocycles. The van der Waals surface area contributed by atoms with Crippen molar-refractivity contribution in [3.63, 3.8) is 0 Å². The van der Waals surface area contributed by atoms with Gasteiger partial charge in [0, 0.05) is 26.8 Å². The Balaban J connectivity index is 1.36. The normalized spacial score (nSPS) is 28.1. The molecule has 0 aliphatic carbocycles. The lowest BCUT2D eigenvalue weighted by atomic mass is 9.59. The molecule has 5 aromatic rings. The van der Waals surface area contributed by atoms with Crippen LogP contribution in [0.1, 0.15) is 22.4 Å². The zero-order valence-electron chi connectivity index (χ0n) is 24.0. The van der Waals surface area contributed by atoms with Crippen LogP contribution in [0.15, 0.2) is 137 Å². The number of thioether (sulfide) groups is 2. The van der Waals surface area contributed by atoms with E-state index in [1.807, 2.05) is 48.0 Å². The number of aromatic nitrogens is 2. The third kappa shape index (κ3) is 3.87. The monoisotopic (exact) mass is 610 g/mol. The van der Waals surface area contributed by atoms with Crippen LogP contribution in [0.5, 0.6) is 5.75 Å². The average Bonchev–Trinajstić information content (AvgIpc) is 3.73. The minimum atomic E-state index is -0.614. The molecule has 1 aromatic heterocycles. The quantitative estimate of drug-likeness (QED) is 0.205. The highest BCUT2D eigenvalue weighted by molar-refractivity contribution is 8.04. The first-order valence-corrected chi connectivity index (χ1v) is 16.9. The van der Waals surface area contributed by atoms with Crippen LogP contribution >= 0.6 is 23.5 Å². The predicted molar refractivity (Wildman–Crippen MR) is 177 cm³/mol. The van der Waals surface area contributed by atoms with Gasteiger partial charge in [0.1, 0.15) is 18.0 Å². The zero-order valence-corrected chi connectivity index (χ0v) is 25.6. The van der Waals surface area contributed by atoms with Crippen LogP contribution in [0, 0.1) is 0 Å². The SMILES string of the molecule is C1=COC(C2(c3cc4ccccc4nn3)Cc3ccccc3SC2(C2Cc3ccccc3O2)C2Cc3ccccc3S2)C=C1. The molecule has 0 amide bonds. The minimum absolute atomic E-state index is 0.124. The standard InChI is InChI=1S/C38H30N2O2S2/c1-5-15-29-25(11-1)21-33(40-39-29)37(34-19-9-10-20-41-34)24-28-14-4-8-18-32(28)44-38(37,35-22-26-12-2-6-16-30(26)42-35)36-23-27-13-3-7-17-31(27)43-36/h1-21,34-36H,22-24H2. The molecular weight excluding hydrogens is 581 g/mol. The number of allylic oxidation sites excluding steroid dienone is 2. The molecule has 0 fully saturated rings. The maximum Gasteiger partial charge on any atom is 0.129 e. The number of benzene rings is 4. The van der Waals surface area contributed by atoms with E-state index in [-0.39, 0.29) is 17.5 Å². The molecule has 216 valence electrons. The highest BCUT2D eigenvalue weighted by Crippen LogP contribution is 2.66. The van der Waals surface area contributed by atoms with E-state index in [1.165, 1.54) is 26.5 Å². The van der Waals surface area contributed by atoms with Gasteiger partial charge in [-0.25, -0.2) is 0 Å². The van der Waals surface area contributed by atoms with Crippen molar-refractivity contribution >= 4 is 34.4 Å². The van der Waals surface area contributed by atoms with E-state index in [0.717, 1.165) is 41.6 Å². The van der Waals surface area contributed by atoms with Crippen LogP contribution in [0.4, 0.5) is 0 Å². The summed E-state index contributed by atoms with van der Waals surface area (Å²) in [6, 6.07) is 36.9. The molecule has 4 nitrogen and oxygen atoms in total. The smallest absolute Gasteiger partial charge is 0.129 e. The number of ether oxygens (including phenoxy) is 2. The van der Waals surface area contributed by atoms with Gasteiger partial charge < -0.3 is 9.47 Å². The largest absolute Gasteiger partial charge is 0.493 e. The number of rotatable bonds is 4. The Kier molecular flexibility index (Phi) is 6.17. The van der Waals surface area contributed by atoms with Gasteiger partial charge in [-0.05, 0) is 72.0 Å². The second kappa shape index (κ2) is 10.3. The molecule has 5 atom stereocenters. The van der Waals surface area contributed by atoms with Crippen LogP contribution in [-0.4, -0.2) is 32.4 Å². The van der Waals surface area contributed by atoms with E-state index in [1.54, 1.807) is 0 Å². The molecule has 44 heavy (non-hydrogen) atoms. The van der Waals surface area contributed by atoms with Crippen LogP contribution in [0.2, 0.25) is 0 Å². The van der Waals surface area contributed by atoms with Crippen molar-refractivity contribution in [1.82, 2.24) is 10.2 Å². The fourth-order valence-electron chi connectivity index (χ4n) is 7.85. The van der Waals surface area contributed by atoms with Gasteiger partial charge in [0.05, 0.1) is 27.6 Å². The van der Waals surface area contributed by atoms with Crippen molar-refractivity contribution in [2.45, 2.75) is 56.7 Å². The van der Waals surface area contributed by atoms with Crippen LogP contribution < -0.4 is 4.74 Å². The first kappa shape index (κ1) is 26.4. The van der Waals surface area contributed by atoms with Gasteiger partial charge in [0.25, 0.3) is 0 Å². The second-order valence-corrected chi connectivity index (χ2v) is 14.6. The summed E-state index contributed by atoms with van der Waals surface area (Å²) in [5.74, 6) is 0.982. The summed E-state index contributed by atoms with van der Waals surface area (Å²) >= 11 is 3.99. The fourth-order valence-corrected chi connectivity index (χ4v) is 11.4. The summed E-state index contributed by atoms with van der Waals surface area (Å²) < 4.78 is 13.4. The topological polar surface area (TPSA) is 44.2 Å². The van der Waals surface area contributed by atoms with Crippen molar-refractivity contribution < 1.29 is 9.47 Å². The highest BCUT2D eigenvalue weighted by atomic mass is 32.2. The van der Waals surface area contributed by atoms with Crippen molar-refractivity contribution in [3.8, 4) is 5.75 Å². The second-order valence-electron chi connectivity index (χ2n) is 12.0. The van der Waals surface area contributed by atoms with Gasteiger partial charge in [-0.15, -0.1) is 23.5 Å². The number of fused-ring (bicyclic) bond motifs is 4. The fraction of sp³-hybridized carbons (Fsp3) is 0.211. The lowest BCUT2D eigenvalue weighted by molar-refractivity contribution is 0.0234. The van der Waals surface area contributed by atoms with Crippen LogP contribution in [0.3, 0.4) is 0 Å². The van der Waals surface area contributed by atoms with Gasteiger partial charge >= 0.3 is 0 Å². The van der Waals surface area contributed by atoms with E-state index in [4.69, 9.17) is 19.7 Å². The van der Waals surface area contributed by atoms with E-state index >= 15 is 0 Å². The summed E-state index contributed by atoms with van der Waals surface area (Å²) in [6.45, 7) is 0. The van der Waals surface area contributed by atoms with Gasteiger partial charge in [-0.2, -0.15) is 10.2 Å². The summed E-state index contributed by atoms with van der Waals surface area (Å²) in [5.41, 5.74) is 5.21. The molecule has 6 heteroatoms. The van der Waals surface area contributed by atoms with Crippen LogP contribution in [0.25, 0.3) is 10.9 Å². The molecule has 5 heterocycles. The molecule has 0 spiro atoms. The Morgan fingerprint density at radius 3 is 2.34 bits per heavy atom. The Morgan fingerprint density at radius 2 is 1.50 bits per heavy atom. The Morgan fingerprint density at radius 1 is 0.727 bits per heavy atom. The number of para-hydroxylation sites is 1. The molecule has 4 aromatic carbocycles. The molecule has 4 aliphatic rings. The third-order valence-electron chi connectivity index (χ3n) is 9.81. The van der Waals surface area contributed by atoms with Crippen molar-refractivity contribution in [2.75, 3.05) is 0 Å². The lowest BCUT2D eigenvalue weighted by Crippen LogP contribution is -2.70. The highest BCUT2D eigenvalue weighted by Gasteiger charge is 2.69. The van der Waals surface area contributed by atoms with Crippen molar-refractivity contribution in [2.24, 2.45) is 0 Å². The zero-order chi connectivity index (χ0) is 29.1. The minimum Gasteiger partial charge on any atom is -0.493 e. The summed E-state index contributed by atoms with van der Waals surface area (Å²) in [5, 5.41) is 11.2. The van der Waals surface area contributed by atoms with E-state index in [9.17, 15) is 0 Å². The van der Waals surface area contributed by atoms with E-state index < -0.39 is 10.2 Å². The summed E-state index contributed by atoms with van der Waals surface area (Å²) in [6.07, 6.45) is 10.3. The average molecular weight is 611 g/mol. The predicted octanol–water partition coefficient (Wildman–Crippen LogP) is 8.14. The van der Waals surface area contributed by atoms with Crippen LogP contribution in [-0.2, 0) is 29.4 Å². The molecule has 0 saturated heterocycles. The number of hydrogen-bond donors (Lipinski definition) is 0. The molecule has 5 unspecified atom stereocenters. The first-order valence-electron chi connectivity index (χ1n) is 15.2. The number of nitrogens with zero attached hydrogens (tertiary/aromatic N) is 2. The lowest BCUT2D eigenvalue weighted by Gasteiger charge is -2.59. The van der Waals surface area contributed by atoms with Crippen molar-refractivity contribution in [3.05, 3.63) is 150 Å². The summed E-state index contributed by atoms with van der Waals surface area (Å²) in [4.78, 5) is 2.66. The number of hydrogen-bond acceptors (Lipinski definition) is 6. The molecule has 9 rings (SSSR count). The molecule has 0 radical (unpaired) electrons. The van der Waals surface area contributed by atoms with Gasteiger partial charge in [0.2, 0.25) is 0 Å².